The summed E-state index contributed by atoms with van der Waals surface area (Å²) in [5, 5.41) is 3.82. The van der Waals surface area contributed by atoms with Crippen LogP contribution in [-0.4, -0.2) is 59.3 Å². The summed E-state index contributed by atoms with van der Waals surface area (Å²) in [6, 6.07) is 12.5. The van der Waals surface area contributed by atoms with Crippen LogP contribution < -0.4 is 0 Å². The smallest absolute Gasteiger partial charge is 0.228 e. The maximum atomic E-state index is 12.5. The predicted octanol–water partition coefficient (Wildman–Crippen LogP) is 1.33. The van der Waals surface area contributed by atoms with Crippen molar-refractivity contribution in [2.24, 2.45) is 0 Å². The van der Waals surface area contributed by atoms with Crippen molar-refractivity contribution in [3.63, 3.8) is 0 Å². The lowest BCUT2D eigenvalue weighted by Gasteiger charge is -2.36. The van der Waals surface area contributed by atoms with E-state index in [2.05, 4.69) is 34.3 Å². The summed E-state index contributed by atoms with van der Waals surface area (Å²) in [6.07, 6.45) is 1.88. The Balaban J connectivity index is 1.41. The summed E-state index contributed by atoms with van der Waals surface area (Å²) in [6.45, 7) is 3.90. The lowest BCUT2D eigenvalue weighted by atomic mass is 10.1. The molecular formula is C18H21N3O3. The van der Waals surface area contributed by atoms with Crippen molar-refractivity contribution in [3.05, 3.63) is 53.9 Å². The van der Waals surface area contributed by atoms with Gasteiger partial charge in [0, 0.05) is 32.2 Å². The minimum Gasteiger partial charge on any atom is -0.373 e. The van der Waals surface area contributed by atoms with Gasteiger partial charge in [0.2, 0.25) is 5.91 Å². The van der Waals surface area contributed by atoms with Crippen LogP contribution in [0, 0.1) is 0 Å². The Morgan fingerprint density at radius 1 is 1.21 bits per heavy atom. The molecule has 1 aromatic carbocycles. The molecule has 2 fully saturated rings. The van der Waals surface area contributed by atoms with Crippen molar-refractivity contribution < 1.29 is 14.1 Å². The number of fused-ring (bicyclic) bond motifs is 1. The number of aromatic nitrogens is 1. The van der Waals surface area contributed by atoms with Crippen molar-refractivity contribution in [1.82, 2.24) is 15.0 Å². The van der Waals surface area contributed by atoms with E-state index in [0.29, 0.717) is 18.8 Å². The first-order valence-corrected chi connectivity index (χ1v) is 8.36. The number of carbonyl (C=O) groups excluding carboxylic acids is 1. The van der Waals surface area contributed by atoms with Gasteiger partial charge in [-0.2, -0.15) is 0 Å². The first-order chi connectivity index (χ1) is 11.8. The first-order valence-electron chi connectivity index (χ1n) is 8.36. The quantitative estimate of drug-likeness (QED) is 0.848. The Hall–Kier alpha value is -2.18. The number of amides is 1. The van der Waals surface area contributed by atoms with Crippen LogP contribution in [0.3, 0.4) is 0 Å². The molecule has 2 aliphatic rings. The van der Waals surface area contributed by atoms with Gasteiger partial charge in [-0.05, 0) is 5.56 Å². The Labute approximate surface area is 141 Å². The number of nitrogens with zero attached hydrogens (tertiary/aromatic N) is 3. The number of ether oxygens (including phenoxy) is 1. The van der Waals surface area contributed by atoms with E-state index in [0.717, 1.165) is 19.7 Å². The zero-order valence-corrected chi connectivity index (χ0v) is 13.5. The number of benzene rings is 1. The van der Waals surface area contributed by atoms with Crippen LogP contribution in [0.4, 0.5) is 0 Å². The second-order valence-electron chi connectivity index (χ2n) is 6.40. The molecule has 3 heterocycles. The molecule has 2 atom stereocenters. The van der Waals surface area contributed by atoms with E-state index in [9.17, 15) is 4.79 Å². The molecule has 4 rings (SSSR count). The van der Waals surface area contributed by atoms with Gasteiger partial charge in [0.1, 0.15) is 6.26 Å². The van der Waals surface area contributed by atoms with Gasteiger partial charge >= 0.3 is 0 Å². The number of carbonyl (C=O) groups is 1. The molecule has 24 heavy (non-hydrogen) atoms. The van der Waals surface area contributed by atoms with E-state index in [1.807, 2.05) is 11.0 Å². The first kappa shape index (κ1) is 15.4. The number of morpholine rings is 1. The second-order valence-corrected chi connectivity index (χ2v) is 6.40. The van der Waals surface area contributed by atoms with Crippen molar-refractivity contribution in [3.8, 4) is 0 Å². The molecule has 6 heteroatoms. The normalized spacial score (nSPS) is 24.1. The lowest BCUT2D eigenvalue weighted by Crippen LogP contribution is -2.50. The molecular weight excluding hydrogens is 306 g/mol. The summed E-state index contributed by atoms with van der Waals surface area (Å²) in [7, 11) is 0. The monoisotopic (exact) mass is 327 g/mol. The Morgan fingerprint density at radius 2 is 2.08 bits per heavy atom. The topological polar surface area (TPSA) is 58.8 Å². The molecule has 6 nitrogen and oxygen atoms in total. The third kappa shape index (κ3) is 3.20. The summed E-state index contributed by atoms with van der Waals surface area (Å²) in [4.78, 5) is 16.8. The van der Waals surface area contributed by atoms with E-state index in [-0.39, 0.29) is 24.5 Å². The fraction of sp³-hybridized carbons (Fsp3) is 0.444. The highest BCUT2D eigenvalue weighted by Crippen LogP contribution is 2.25. The molecule has 0 aliphatic carbocycles. The third-order valence-corrected chi connectivity index (χ3v) is 4.82. The standard InChI is InChI=1S/C18H21N3O3/c22-18(10-15-6-8-24-19-15)21-12-16-17(13-21)23-9-7-20(16)11-14-4-2-1-3-5-14/h1-6,8,16-17H,7,9-13H2/t16-,17+/m1/s1. The van der Waals surface area contributed by atoms with E-state index in [4.69, 9.17) is 9.26 Å². The molecule has 0 radical (unpaired) electrons. The molecule has 126 valence electrons. The van der Waals surface area contributed by atoms with Crippen molar-refractivity contribution in [2.75, 3.05) is 26.2 Å². The van der Waals surface area contributed by atoms with Gasteiger partial charge in [0.25, 0.3) is 0 Å². The van der Waals surface area contributed by atoms with Gasteiger partial charge in [-0.1, -0.05) is 35.5 Å². The highest BCUT2D eigenvalue weighted by atomic mass is 16.5. The van der Waals surface area contributed by atoms with Crippen LogP contribution in [0.2, 0.25) is 0 Å². The second kappa shape index (κ2) is 6.75. The minimum absolute atomic E-state index is 0.0848. The average molecular weight is 327 g/mol. The van der Waals surface area contributed by atoms with Gasteiger partial charge in [0.15, 0.2) is 0 Å². The summed E-state index contributed by atoms with van der Waals surface area (Å²) >= 11 is 0. The molecule has 2 saturated heterocycles. The van der Waals surface area contributed by atoms with Crippen molar-refractivity contribution in [1.29, 1.82) is 0 Å². The van der Waals surface area contributed by atoms with Crippen LogP contribution in [0.1, 0.15) is 11.3 Å². The SMILES string of the molecule is O=C(Cc1ccon1)N1C[C@@H]2OCCN(Cc3ccccc3)[C@@H]2C1. The number of likely N-dealkylation sites (tertiary alicyclic amines) is 1. The van der Waals surface area contributed by atoms with E-state index in [1.54, 1.807) is 6.07 Å². The fourth-order valence-electron chi connectivity index (χ4n) is 3.57. The van der Waals surface area contributed by atoms with Gasteiger partial charge in [-0.3, -0.25) is 9.69 Å². The number of hydrogen-bond donors (Lipinski definition) is 0. The zero-order chi connectivity index (χ0) is 16.4. The summed E-state index contributed by atoms with van der Waals surface area (Å²) in [5.74, 6) is 0.0848. The summed E-state index contributed by atoms with van der Waals surface area (Å²) < 4.78 is 10.7. The molecule has 0 saturated carbocycles. The van der Waals surface area contributed by atoms with Gasteiger partial charge in [-0.15, -0.1) is 0 Å². The van der Waals surface area contributed by atoms with E-state index < -0.39 is 0 Å². The molecule has 2 aliphatic heterocycles. The average Bonchev–Trinajstić information content (AvgIpc) is 3.25. The Kier molecular flexibility index (Phi) is 4.32. The third-order valence-electron chi connectivity index (χ3n) is 4.82. The van der Waals surface area contributed by atoms with Crippen LogP contribution >= 0.6 is 0 Å². The Morgan fingerprint density at radius 3 is 2.88 bits per heavy atom. The maximum absolute atomic E-state index is 12.5. The van der Waals surface area contributed by atoms with Gasteiger partial charge in [-0.25, -0.2) is 0 Å². The van der Waals surface area contributed by atoms with E-state index in [1.165, 1.54) is 11.8 Å². The van der Waals surface area contributed by atoms with Gasteiger partial charge in [0.05, 0.1) is 30.9 Å². The largest absolute Gasteiger partial charge is 0.373 e. The van der Waals surface area contributed by atoms with Crippen LogP contribution in [0.5, 0.6) is 0 Å². The molecule has 0 unspecified atom stereocenters. The molecule has 0 N–H and O–H groups in total. The van der Waals surface area contributed by atoms with Gasteiger partial charge < -0.3 is 14.2 Å². The minimum atomic E-state index is 0.0848. The van der Waals surface area contributed by atoms with Crippen LogP contribution in [0.25, 0.3) is 0 Å². The predicted molar refractivity (Wildman–Crippen MR) is 87.2 cm³/mol. The highest BCUT2D eigenvalue weighted by molar-refractivity contribution is 5.78. The summed E-state index contributed by atoms with van der Waals surface area (Å²) in [5.41, 5.74) is 1.97. The highest BCUT2D eigenvalue weighted by Gasteiger charge is 2.41. The Bertz CT molecular complexity index is 674. The maximum Gasteiger partial charge on any atom is 0.228 e. The number of rotatable bonds is 4. The van der Waals surface area contributed by atoms with E-state index >= 15 is 0 Å². The number of hydrogen-bond acceptors (Lipinski definition) is 5. The zero-order valence-electron chi connectivity index (χ0n) is 13.5. The van der Waals surface area contributed by atoms with Crippen LogP contribution in [0.15, 0.2) is 47.2 Å². The molecule has 0 bridgehead atoms. The lowest BCUT2D eigenvalue weighted by molar-refractivity contribution is -0.130. The van der Waals surface area contributed by atoms with Crippen molar-refractivity contribution >= 4 is 5.91 Å². The van der Waals surface area contributed by atoms with Crippen LogP contribution in [-0.2, 0) is 22.5 Å². The molecule has 2 aromatic rings. The van der Waals surface area contributed by atoms with Crippen molar-refractivity contribution in [2.45, 2.75) is 25.1 Å². The fourth-order valence-corrected chi connectivity index (χ4v) is 3.57. The molecule has 0 spiro atoms. The molecule has 1 aromatic heterocycles. The molecule has 1 amide bonds.